The van der Waals surface area contributed by atoms with E-state index >= 15 is 0 Å². The Bertz CT molecular complexity index is 426. The van der Waals surface area contributed by atoms with Crippen LogP contribution < -0.4 is 0 Å². The highest BCUT2D eigenvalue weighted by molar-refractivity contribution is 5.13. The van der Waals surface area contributed by atoms with Gasteiger partial charge in [-0.2, -0.15) is 0 Å². The Morgan fingerprint density at radius 3 is 2.64 bits per heavy atom. The molecule has 1 fully saturated rings. The molecule has 0 aromatic heterocycles. The Hall–Kier alpha value is -1.02. The van der Waals surface area contributed by atoms with Gasteiger partial charge in [-0.25, -0.2) is 0 Å². The molecule has 1 heterocycles. The van der Waals surface area contributed by atoms with Gasteiger partial charge in [-0.05, 0) is 5.56 Å². The Labute approximate surface area is 130 Å². The van der Waals surface area contributed by atoms with E-state index in [2.05, 4.69) is 0 Å². The van der Waals surface area contributed by atoms with Crippen molar-refractivity contribution < 1.29 is 29.2 Å². The lowest BCUT2D eigenvalue weighted by molar-refractivity contribution is -0.144. The van der Waals surface area contributed by atoms with Crippen molar-refractivity contribution in [3.05, 3.63) is 35.9 Å². The van der Waals surface area contributed by atoms with Crippen LogP contribution in [0, 0.1) is 0 Å². The smallest absolute Gasteiger partial charge is 0.160 e. The highest BCUT2D eigenvalue weighted by Crippen LogP contribution is 2.31. The van der Waals surface area contributed by atoms with E-state index in [0.717, 1.165) is 5.56 Å². The highest BCUT2D eigenvalue weighted by atomic mass is 16.7. The van der Waals surface area contributed by atoms with Crippen molar-refractivity contribution in [3.63, 3.8) is 0 Å². The van der Waals surface area contributed by atoms with Crippen LogP contribution in [-0.4, -0.2) is 61.7 Å². The predicted octanol–water partition coefficient (Wildman–Crippen LogP) is 0.705. The number of hydrogen-bond donors (Lipinski definition) is 2. The van der Waals surface area contributed by atoms with Gasteiger partial charge in [0.25, 0.3) is 0 Å². The van der Waals surface area contributed by atoms with Gasteiger partial charge in [0, 0.05) is 13.5 Å². The fourth-order valence-electron chi connectivity index (χ4n) is 2.41. The summed E-state index contributed by atoms with van der Waals surface area (Å²) in [5, 5.41) is 19.7. The molecule has 0 spiro atoms. The Kier molecular flexibility index (Phi) is 6.75. The van der Waals surface area contributed by atoms with Crippen molar-refractivity contribution in [2.24, 2.45) is 0 Å². The summed E-state index contributed by atoms with van der Waals surface area (Å²) in [5.74, 6) is 0. The standard InChI is InChI=1S/C16H24O6/c1-19-15-9-16(18,14(10-17)22-15)12-21-8-7-20-11-13-5-3-2-4-6-13/h2-6,14-15,17-18H,7-12H2,1H3/t14-,15-,16-/m1/s1. The molecule has 6 heteroatoms. The van der Waals surface area contributed by atoms with E-state index in [1.165, 1.54) is 7.11 Å². The minimum atomic E-state index is -1.23. The molecule has 124 valence electrons. The lowest BCUT2D eigenvalue weighted by atomic mass is 9.97. The average molecular weight is 312 g/mol. The molecule has 22 heavy (non-hydrogen) atoms. The third-order valence-corrected chi connectivity index (χ3v) is 3.70. The van der Waals surface area contributed by atoms with Crippen molar-refractivity contribution in [1.82, 2.24) is 0 Å². The zero-order valence-electron chi connectivity index (χ0n) is 12.8. The number of methoxy groups -OCH3 is 1. The van der Waals surface area contributed by atoms with Gasteiger partial charge in [0.2, 0.25) is 0 Å². The minimum absolute atomic E-state index is 0.0762. The van der Waals surface area contributed by atoms with Crippen LogP contribution in [0.5, 0.6) is 0 Å². The maximum absolute atomic E-state index is 10.5. The van der Waals surface area contributed by atoms with Gasteiger partial charge < -0.3 is 29.2 Å². The van der Waals surface area contributed by atoms with Crippen LogP contribution in [-0.2, 0) is 25.6 Å². The lowest BCUT2D eigenvalue weighted by Crippen LogP contribution is -2.45. The second-order valence-corrected chi connectivity index (χ2v) is 5.37. The van der Waals surface area contributed by atoms with Gasteiger partial charge in [0.15, 0.2) is 6.29 Å². The first-order valence-corrected chi connectivity index (χ1v) is 7.39. The third kappa shape index (κ3) is 4.74. The number of hydrogen-bond acceptors (Lipinski definition) is 6. The third-order valence-electron chi connectivity index (χ3n) is 3.70. The molecule has 3 atom stereocenters. The topological polar surface area (TPSA) is 77.4 Å². The molecule has 0 unspecified atom stereocenters. The van der Waals surface area contributed by atoms with Crippen molar-refractivity contribution >= 4 is 0 Å². The Morgan fingerprint density at radius 1 is 1.23 bits per heavy atom. The zero-order valence-corrected chi connectivity index (χ0v) is 12.8. The zero-order chi connectivity index (χ0) is 15.8. The van der Waals surface area contributed by atoms with Gasteiger partial charge in [-0.3, -0.25) is 0 Å². The Balaban J connectivity index is 1.63. The molecule has 2 rings (SSSR count). The molecule has 1 aromatic carbocycles. The molecule has 1 aliphatic heterocycles. The number of ether oxygens (including phenoxy) is 4. The molecular weight excluding hydrogens is 288 g/mol. The normalized spacial score (nSPS) is 28.1. The molecular formula is C16H24O6. The summed E-state index contributed by atoms with van der Waals surface area (Å²) in [7, 11) is 1.50. The van der Waals surface area contributed by atoms with Crippen LogP contribution in [0.2, 0.25) is 0 Å². The van der Waals surface area contributed by atoms with Crippen LogP contribution in [0.1, 0.15) is 12.0 Å². The minimum Gasteiger partial charge on any atom is -0.394 e. The molecule has 1 aromatic rings. The van der Waals surface area contributed by atoms with Crippen LogP contribution in [0.4, 0.5) is 0 Å². The molecule has 2 N–H and O–H groups in total. The van der Waals surface area contributed by atoms with E-state index in [0.29, 0.717) is 19.8 Å². The van der Waals surface area contributed by atoms with E-state index in [1.807, 2.05) is 30.3 Å². The summed E-state index contributed by atoms with van der Waals surface area (Å²) in [6.45, 7) is 1.13. The summed E-state index contributed by atoms with van der Waals surface area (Å²) in [5.41, 5.74) is -0.122. The second-order valence-electron chi connectivity index (χ2n) is 5.37. The van der Waals surface area contributed by atoms with E-state index in [-0.39, 0.29) is 19.6 Å². The lowest BCUT2D eigenvalue weighted by Gasteiger charge is -2.26. The molecule has 1 saturated heterocycles. The summed E-state index contributed by atoms with van der Waals surface area (Å²) in [4.78, 5) is 0. The summed E-state index contributed by atoms with van der Waals surface area (Å²) in [6, 6.07) is 9.88. The molecule has 1 aliphatic rings. The largest absolute Gasteiger partial charge is 0.394 e. The summed E-state index contributed by atoms with van der Waals surface area (Å²) < 4.78 is 21.4. The van der Waals surface area contributed by atoms with Gasteiger partial charge in [-0.15, -0.1) is 0 Å². The molecule has 0 saturated carbocycles. The molecule has 0 bridgehead atoms. The molecule has 0 radical (unpaired) electrons. The van der Waals surface area contributed by atoms with Crippen LogP contribution in [0.25, 0.3) is 0 Å². The van der Waals surface area contributed by atoms with Crippen LogP contribution in [0.3, 0.4) is 0 Å². The molecule has 0 aliphatic carbocycles. The summed E-state index contributed by atoms with van der Waals surface area (Å²) >= 11 is 0. The van der Waals surface area contributed by atoms with Crippen LogP contribution >= 0.6 is 0 Å². The number of rotatable bonds is 9. The Morgan fingerprint density at radius 2 is 1.95 bits per heavy atom. The van der Waals surface area contributed by atoms with E-state index < -0.39 is 18.0 Å². The molecule has 6 nitrogen and oxygen atoms in total. The van der Waals surface area contributed by atoms with E-state index in [4.69, 9.17) is 18.9 Å². The second kappa shape index (κ2) is 8.57. The maximum atomic E-state index is 10.5. The fourth-order valence-corrected chi connectivity index (χ4v) is 2.41. The van der Waals surface area contributed by atoms with Gasteiger partial charge in [0.1, 0.15) is 11.7 Å². The number of aliphatic hydroxyl groups excluding tert-OH is 1. The van der Waals surface area contributed by atoms with E-state index in [9.17, 15) is 10.2 Å². The average Bonchev–Trinajstić information content (AvgIpc) is 2.88. The number of benzene rings is 1. The van der Waals surface area contributed by atoms with Crippen molar-refractivity contribution in [2.45, 2.75) is 31.0 Å². The van der Waals surface area contributed by atoms with Crippen LogP contribution in [0.15, 0.2) is 30.3 Å². The first-order chi connectivity index (χ1) is 10.7. The van der Waals surface area contributed by atoms with Crippen molar-refractivity contribution in [1.29, 1.82) is 0 Å². The SMILES string of the molecule is CO[C@H]1C[C@@](O)(COCCOCc2ccccc2)[C@@H](CO)O1. The summed E-state index contributed by atoms with van der Waals surface area (Å²) in [6.07, 6.45) is -0.928. The quantitative estimate of drug-likeness (QED) is 0.654. The predicted molar refractivity (Wildman–Crippen MR) is 79.2 cm³/mol. The fraction of sp³-hybridized carbons (Fsp3) is 0.625. The molecule has 0 amide bonds. The van der Waals surface area contributed by atoms with Gasteiger partial charge in [0.05, 0.1) is 33.0 Å². The van der Waals surface area contributed by atoms with Gasteiger partial charge in [-0.1, -0.05) is 30.3 Å². The van der Waals surface area contributed by atoms with E-state index in [1.54, 1.807) is 0 Å². The first kappa shape index (κ1) is 17.3. The van der Waals surface area contributed by atoms with Crippen molar-refractivity contribution in [3.8, 4) is 0 Å². The number of aliphatic hydroxyl groups is 2. The first-order valence-electron chi connectivity index (χ1n) is 7.39. The van der Waals surface area contributed by atoms with Gasteiger partial charge >= 0.3 is 0 Å². The van der Waals surface area contributed by atoms with Crippen molar-refractivity contribution in [2.75, 3.05) is 33.5 Å². The highest BCUT2D eigenvalue weighted by Gasteiger charge is 2.47. The monoisotopic (exact) mass is 312 g/mol. The maximum Gasteiger partial charge on any atom is 0.160 e.